The molecule has 20 heavy (non-hydrogen) atoms. The molecule has 0 spiro atoms. The Morgan fingerprint density at radius 2 is 2.15 bits per heavy atom. The predicted octanol–water partition coefficient (Wildman–Crippen LogP) is 2.14. The van der Waals surface area contributed by atoms with Crippen molar-refractivity contribution >= 4 is 11.8 Å². The van der Waals surface area contributed by atoms with Crippen LogP contribution in [0, 0.1) is 6.92 Å². The van der Waals surface area contributed by atoms with Gasteiger partial charge in [0.15, 0.2) is 0 Å². The number of nitrogens with one attached hydrogen (secondary N) is 1. The first kappa shape index (κ1) is 15.0. The van der Waals surface area contributed by atoms with Crippen molar-refractivity contribution in [1.29, 1.82) is 0 Å². The topological polar surface area (TPSA) is 44.3 Å². The molecule has 1 aliphatic heterocycles. The maximum Gasteiger partial charge on any atom is 0.224 e. The second-order valence-corrected chi connectivity index (χ2v) is 5.60. The molecular formula is C15H27N5. The van der Waals surface area contributed by atoms with Crippen molar-refractivity contribution < 1.29 is 0 Å². The van der Waals surface area contributed by atoms with Crippen molar-refractivity contribution in [3.8, 4) is 0 Å². The van der Waals surface area contributed by atoms with Crippen LogP contribution in [0.5, 0.6) is 0 Å². The normalized spacial score (nSPS) is 20.8. The van der Waals surface area contributed by atoms with Crippen LogP contribution < -0.4 is 10.2 Å². The molecule has 0 saturated carbocycles. The van der Waals surface area contributed by atoms with Crippen LogP contribution in [0.25, 0.3) is 0 Å². The highest BCUT2D eigenvalue weighted by Gasteiger charge is 2.24. The molecule has 1 aliphatic rings. The number of rotatable bonds is 4. The molecule has 1 aromatic heterocycles. The van der Waals surface area contributed by atoms with E-state index in [1.54, 1.807) is 0 Å². The maximum atomic E-state index is 4.74. The first-order chi connectivity index (χ1) is 9.65. The number of likely N-dealkylation sites (N-methyl/N-ethyl adjacent to an activating group) is 1. The van der Waals surface area contributed by atoms with Crippen LogP contribution in [0.15, 0.2) is 6.20 Å². The van der Waals surface area contributed by atoms with Crippen LogP contribution in [0.1, 0.15) is 32.3 Å². The second kappa shape index (κ2) is 6.88. The molecule has 112 valence electrons. The van der Waals surface area contributed by atoms with Gasteiger partial charge in [0.05, 0.1) is 0 Å². The van der Waals surface area contributed by atoms with Gasteiger partial charge in [-0.3, -0.25) is 0 Å². The number of hydrogen-bond donors (Lipinski definition) is 1. The molecule has 0 bridgehead atoms. The lowest BCUT2D eigenvalue weighted by Crippen LogP contribution is -2.40. The average molecular weight is 277 g/mol. The Bertz CT molecular complexity index is 434. The minimum absolute atomic E-state index is 0.533. The zero-order valence-electron chi connectivity index (χ0n) is 13.2. The van der Waals surface area contributed by atoms with E-state index < -0.39 is 0 Å². The molecule has 5 nitrogen and oxygen atoms in total. The Kier molecular flexibility index (Phi) is 5.17. The largest absolute Gasteiger partial charge is 0.354 e. The molecule has 1 N–H and O–H groups in total. The molecule has 1 aromatic rings. The number of hydrogen-bond acceptors (Lipinski definition) is 5. The van der Waals surface area contributed by atoms with Crippen molar-refractivity contribution in [1.82, 2.24) is 14.9 Å². The summed E-state index contributed by atoms with van der Waals surface area (Å²) in [6.07, 6.45) is 4.26. The lowest BCUT2D eigenvalue weighted by molar-refractivity contribution is 0.327. The lowest BCUT2D eigenvalue weighted by atomic mass is 10.1. The minimum atomic E-state index is 0.533. The summed E-state index contributed by atoms with van der Waals surface area (Å²) >= 11 is 0. The summed E-state index contributed by atoms with van der Waals surface area (Å²) in [5.74, 6) is 1.83. The molecular weight excluding hydrogens is 250 g/mol. The van der Waals surface area contributed by atoms with Crippen molar-refractivity contribution in [3.05, 3.63) is 11.8 Å². The summed E-state index contributed by atoms with van der Waals surface area (Å²) in [6.45, 7) is 10.6. The molecule has 1 saturated heterocycles. The van der Waals surface area contributed by atoms with Crippen molar-refractivity contribution in [2.75, 3.05) is 43.4 Å². The quantitative estimate of drug-likeness (QED) is 0.913. The van der Waals surface area contributed by atoms with Gasteiger partial charge in [-0.1, -0.05) is 6.92 Å². The predicted molar refractivity (Wildman–Crippen MR) is 84.5 cm³/mol. The van der Waals surface area contributed by atoms with Gasteiger partial charge >= 0.3 is 0 Å². The van der Waals surface area contributed by atoms with Gasteiger partial charge in [-0.25, -0.2) is 4.98 Å². The van der Waals surface area contributed by atoms with Crippen LogP contribution in [0.3, 0.4) is 0 Å². The van der Waals surface area contributed by atoms with Crippen LogP contribution in [0.4, 0.5) is 11.8 Å². The third-order valence-electron chi connectivity index (χ3n) is 3.93. The Balaban J connectivity index is 2.29. The third-order valence-corrected chi connectivity index (χ3v) is 3.93. The van der Waals surface area contributed by atoms with Gasteiger partial charge in [0, 0.05) is 37.4 Å². The molecule has 0 aromatic carbocycles. The molecule has 0 aliphatic carbocycles. The van der Waals surface area contributed by atoms with E-state index >= 15 is 0 Å². The van der Waals surface area contributed by atoms with E-state index in [4.69, 9.17) is 4.98 Å². The number of nitrogens with zero attached hydrogens (tertiary/aromatic N) is 4. The van der Waals surface area contributed by atoms with Crippen LogP contribution in [-0.4, -0.2) is 54.1 Å². The Hall–Kier alpha value is -1.36. The fourth-order valence-corrected chi connectivity index (χ4v) is 2.84. The first-order valence-corrected chi connectivity index (χ1v) is 7.68. The van der Waals surface area contributed by atoms with E-state index in [9.17, 15) is 0 Å². The van der Waals surface area contributed by atoms with Gasteiger partial charge in [0.25, 0.3) is 0 Å². The minimum Gasteiger partial charge on any atom is -0.354 e. The van der Waals surface area contributed by atoms with Gasteiger partial charge in [0.1, 0.15) is 5.82 Å². The molecule has 1 unspecified atom stereocenters. The number of anilines is 2. The Morgan fingerprint density at radius 3 is 2.85 bits per heavy atom. The molecule has 2 rings (SSSR count). The summed E-state index contributed by atoms with van der Waals surface area (Å²) in [5, 5.41) is 3.21. The highest BCUT2D eigenvalue weighted by Crippen LogP contribution is 2.24. The number of aromatic nitrogens is 2. The van der Waals surface area contributed by atoms with Gasteiger partial charge in [-0.15, -0.1) is 0 Å². The van der Waals surface area contributed by atoms with Gasteiger partial charge in [0.2, 0.25) is 5.95 Å². The standard InChI is InChI=1S/C15H27N5/c1-5-13-11-19(4)8-7-9-20(13)14-12(3)10-17-15(18-14)16-6-2/h10,13H,5-9,11H2,1-4H3,(H,16,17,18). The maximum absolute atomic E-state index is 4.74. The van der Waals surface area contributed by atoms with Gasteiger partial charge < -0.3 is 15.1 Å². The summed E-state index contributed by atoms with van der Waals surface area (Å²) in [7, 11) is 2.21. The third kappa shape index (κ3) is 3.39. The van der Waals surface area contributed by atoms with Crippen LogP contribution in [-0.2, 0) is 0 Å². The average Bonchev–Trinajstić information content (AvgIpc) is 2.62. The second-order valence-electron chi connectivity index (χ2n) is 5.60. The Labute approximate surface area is 122 Å². The fraction of sp³-hybridized carbons (Fsp3) is 0.733. The fourth-order valence-electron chi connectivity index (χ4n) is 2.84. The van der Waals surface area contributed by atoms with Crippen LogP contribution in [0.2, 0.25) is 0 Å². The zero-order chi connectivity index (χ0) is 14.5. The van der Waals surface area contributed by atoms with Gasteiger partial charge in [-0.05, 0) is 40.3 Å². The summed E-state index contributed by atoms with van der Waals surface area (Å²) in [5.41, 5.74) is 1.16. The summed E-state index contributed by atoms with van der Waals surface area (Å²) in [6, 6.07) is 0.533. The smallest absolute Gasteiger partial charge is 0.224 e. The monoisotopic (exact) mass is 277 g/mol. The highest BCUT2D eigenvalue weighted by atomic mass is 15.3. The van der Waals surface area contributed by atoms with Crippen LogP contribution >= 0.6 is 0 Å². The zero-order valence-corrected chi connectivity index (χ0v) is 13.2. The van der Waals surface area contributed by atoms with E-state index in [1.165, 1.54) is 6.42 Å². The SMILES string of the molecule is CCNc1ncc(C)c(N2CCCN(C)CC2CC)n1. The summed E-state index contributed by atoms with van der Waals surface area (Å²) in [4.78, 5) is 14.0. The molecule has 0 amide bonds. The molecule has 1 fully saturated rings. The molecule has 0 radical (unpaired) electrons. The lowest BCUT2D eigenvalue weighted by Gasteiger charge is -2.32. The van der Waals surface area contributed by atoms with Crippen molar-refractivity contribution in [3.63, 3.8) is 0 Å². The molecule has 2 heterocycles. The van der Waals surface area contributed by atoms with E-state index in [2.05, 4.69) is 47.9 Å². The number of aryl methyl sites for hydroxylation is 1. The van der Waals surface area contributed by atoms with E-state index in [-0.39, 0.29) is 0 Å². The molecule has 5 heteroatoms. The first-order valence-electron chi connectivity index (χ1n) is 7.68. The Morgan fingerprint density at radius 1 is 1.35 bits per heavy atom. The van der Waals surface area contributed by atoms with E-state index in [0.717, 1.165) is 49.9 Å². The van der Waals surface area contributed by atoms with Crippen molar-refractivity contribution in [2.45, 2.75) is 39.7 Å². The van der Waals surface area contributed by atoms with Crippen molar-refractivity contribution in [2.24, 2.45) is 0 Å². The highest BCUT2D eigenvalue weighted by molar-refractivity contribution is 5.50. The molecule has 1 atom stereocenters. The van der Waals surface area contributed by atoms with Gasteiger partial charge in [-0.2, -0.15) is 4.98 Å². The summed E-state index contributed by atoms with van der Waals surface area (Å²) < 4.78 is 0. The van der Waals surface area contributed by atoms with E-state index in [0.29, 0.717) is 6.04 Å². The van der Waals surface area contributed by atoms with E-state index in [1.807, 2.05) is 6.20 Å².